The first-order chi connectivity index (χ1) is 8.77. The first-order valence-corrected chi connectivity index (χ1v) is 6.47. The van der Waals surface area contributed by atoms with Gasteiger partial charge in [-0.05, 0) is 29.9 Å². The Morgan fingerprint density at radius 2 is 1.78 bits per heavy atom. The molecule has 1 unspecified atom stereocenters. The maximum atomic E-state index is 13.7. The van der Waals surface area contributed by atoms with Gasteiger partial charge in [-0.15, -0.1) is 0 Å². The molecule has 0 radical (unpaired) electrons. The van der Waals surface area contributed by atoms with Gasteiger partial charge in [0, 0.05) is 17.7 Å². The molecular formula is C16H15FO. The number of benzene rings is 2. The van der Waals surface area contributed by atoms with Crippen molar-refractivity contribution in [2.45, 2.75) is 31.6 Å². The fraction of sp³-hybridized carbons (Fsp3) is 0.312. The van der Waals surface area contributed by atoms with E-state index >= 15 is 0 Å². The summed E-state index contributed by atoms with van der Waals surface area (Å²) in [6.07, 6.45) is 3.64. The molecule has 2 aromatic carbocycles. The maximum absolute atomic E-state index is 13.7. The molecule has 0 spiro atoms. The third-order valence-corrected chi connectivity index (χ3v) is 3.83. The summed E-state index contributed by atoms with van der Waals surface area (Å²) in [7, 11) is 0. The van der Waals surface area contributed by atoms with Crippen molar-refractivity contribution < 1.29 is 9.18 Å². The van der Waals surface area contributed by atoms with Crippen molar-refractivity contribution in [2.75, 3.05) is 0 Å². The van der Waals surface area contributed by atoms with E-state index in [4.69, 9.17) is 0 Å². The van der Waals surface area contributed by atoms with Crippen molar-refractivity contribution in [3.8, 4) is 0 Å². The van der Waals surface area contributed by atoms with Gasteiger partial charge in [0.2, 0.25) is 0 Å². The molecule has 0 aliphatic heterocycles. The van der Waals surface area contributed by atoms with E-state index in [-0.39, 0.29) is 11.7 Å². The highest BCUT2D eigenvalue weighted by atomic mass is 19.1. The lowest BCUT2D eigenvalue weighted by atomic mass is 9.81. The number of hydrogen-bond acceptors (Lipinski definition) is 1. The molecule has 1 saturated carbocycles. The molecule has 0 heterocycles. The van der Waals surface area contributed by atoms with Crippen LogP contribution in [-0.4, -0.2) is 5.78 Å². The van der Waals surface area contributed by atoms with Crippen LogP contribution < -0.4 is 0 Å². The van der Waals surface area contributed by atoms with E-state index < -0.39 is 0 Å². The fourth-order valence-electron chi connectivity index (χ4n) is 2.90. The molecule has 1 atom stereocenters. The maximum Gasteiger partial charge on any atom is 0.140 e. The normalized spacial score (nSPS) is 20.3. The minimum absolute atomic E-state index is 0.0377. The molecule has 1 aliphatic rings. The Morgan fingerprint density at radius 1 is 1.00 bits per heavy atom. The van der Waals surface area contributed by atoms with Crippen LogP contribution in [-0.2, 0) is 4.79 Å². The van der Waals surface area contributed by atoms with Crippen molar-refractivity contribution in [3.05, 3.63) is 47.8 Å². The average Bonchev–Trinajstić information content (AvgIpc) is 2.41. The number of fused-ring (bicyclic) bond motifs is 1. The second-order valence-electron chi connectivity index (χ2n) is 4.95. The highest BCUT2D eigenvalue weighted by Gasteiger charge is 2.25. The predicted molar refractivity (Wildman–Crippen MR) is 70.1 cm³/mol. The Kier molecular flexibility index (Phi) is 2.86. The summed E-state index contributed by atoms with van der Waals surface area (Å²) in [4.78, 5) is 12.0. The zero-order valence-electron chi connectivity index (χ0n) is 10.2. The molecule has 3 rings (SSSR count). The number of ketones is 1. The van der Waals surface area contributed by atoms with Crippen molar-refractivity contribution in [3.63, 3.8) is 0 Å². The quantitative estimate of drug-likeness (QED) is 0.732. The molecule has 1 nitrogen and oxygen atoms in total. The molecule has 0 N–H and O–H groups in total. The van der Waals surface area contributed by atoms with Crippen LogP contribution in [0.15, 0.2) is 36.4 Å². The highest BCUT2D eigenvalue weighted by molar-refractivity contribution is 5.94. The van der Waals surface area contributed by atoms with Gasteiger partial charge >= 0.3 is 0 Å². The Balaban J connectivity index is 2.17. The minimum Gasteiger partial charge on any atom is -0.299 e. The first kappa shape index (κ1) is 11.4. The van der Waals surface area contributed by atoms with Crippen LogP contribution in [0.1, 0.15) is 37.2 Å². The van der Waals surface area contributed by atoms with E-state index in [0.717, 1.165) is 30.2 Å². The second-order valence-corrected chi connectivity index (χ2v) is 4.95. The summed E-state index contributed by atoms with van der Waals surface area (Å²) < 4.78 is 13.7. The van der Waals surface area contributed by atoms with Gasteiger partial charge in [-0.1, -0.05) is 36.8 Å². The van der Waals surface area contributed by atoms with Crippen LogP contribution >= 0.6 is 0 Å². The number of carbonyl (C=O) groups excluding carboxylic acids is 1. The zero-order valence-corrected chi connectivity index (χ0v) is 10.2. The topological polar surface area (TPSA) is 17.1 Å². The van der Waals surface area contributed by atoms with Crippen LogP contribution in [0.3, 0.4) is 0 Å². The van der Waals surface area contributed by atoms with Gasteiger partial charge in [0.05, 0.1) is 0 Å². The summed E-state index contributed by atoms with van der Waals surface area (Å²) in [5.41, 5.74) is 0.997. The minimum atomic E-state index is -0.211. The summed E-state index contributed by atoms with van der Waals surface area (Å²) in [5.74, 6) is 0.0554. The SMILES string of the molecule is O=C1CCCCC1c1ccc(F)c2ccccc12. The summed E-state index contributed by atoms with van der Waals surface area (Å²) >= 11 is 0. The standard InChI is InChI=1S/C16H15FO/c17-15-10-9-12(11-5-1-2-6-13(11)15)14-7-3-4-8-16(14)18/h1-2,5-6,9-10,14H,3-4,7-8H2. The van der Waals surface area contributed by atoms with Crippen LogP contribution in [0.2, 0.25) is 0 Å². The molecule has 1 fully saturated rings. The Hall–Kier alpha value is -1.70. The molecule has 2 aromatic rings. The first-order valence-electron chi connectivity index (χ1n) is 6.47. The lowest BCUT2D eigenvalue weighted by Crippen LogP contribution is -2.17. The molecule has 0 bridgehead atoms. The second kappa shape index (κ2) is 4.52. The van der Waals surface area contributed by atoms with Gasteiger partial charge < -0.3 is 0 Å². The van der Waals surface area contributed by atoms with Gasteiger partial charge in [0.1, 0.15) is 11.6 Å². The molecule has 92 valence electrons. The van der Waals surface area contributed by atoms with E-state index in [2.05, 4.69) is 0 Å². The number of carbonyl (C=O) groups is 1. The monoisotopic (exact) mass is 242 g/mol. The van der Waals surface area contributed by atoms with E-state index in [1.54, 1.807) is 12.1 Å². The molecule has 0 amide bonds. The summed E-state index contributed by atoms with van der Waals surface area (Å²) in [6, 6.07) is 10.7. The third-order valence-electron chi connectivity index (χ3n) is 3.83. The number of rotatable bonds is 1. The summed E-state index contributed by atoms with van der Waals surface area (Å²) in [5, 5.41) is 1.51. The molecular weight excluding hydrogens is 227 g/mol. The highest BCUT2D eigenvalue weighted by Crippen LogP contribution is 2.34. The largest absolute Gasteiger partial charge is 0.299 e. The molecule has 18 heavy (non-hydrogen) atoms. The summed E-state index contributed by atoms with van der Waals surface area (Å²) in [6.45, 7) is 0. The smallest absolute Gasteiger partial charge is 0.140 e. The van der Waals surface area contributed by atoms with Crippen LogP contribution in [0.25, 0.3) is 10.8 Å². The van der Waals surface area contributed by atoms with Gasteiger partial charge in [-0.25, -0.2) is 4.39 Å². The average molecular weight is 242 g/mol. The van der Waals surface area contributed by atoms with E-state index in [1.165, 1.54) is 6.07 Å². The Labute approximate surface area is 106 Å². The van der Waals surface area contributed by atoms with Crippen molar-refractivity contribution in [1.82, 2.24) is 0 Å². The van der Waals surface area contributed by atoms with Crippen LogP contribution in [0.5, 0.6) is 0 Å². The van der Waals surface area contributed by atoms with Crippen molar-refractivity contribution in [2.24, 2.45) is 0 Å². The predicted octanol–water partition coefficient (Wildman–Crippen LogP) is 4.21. The van der Waals surface area contributed by atoms with Crippen LogP contribution in [0.4, 0.5) is 4.39 Å². The van der Waals surface area contributed by atoms with Crippen LogP contribution in [0, 0.1) is 5.82 Å². The zero-order chi connectivity index (χ0) is 12.5. The van der Waals surface area contributed by atoms with E-state index in [9.17, 15) is 9.18 Å². The lowest BCUT2D eigenvalue weighted by molar-refractivity contribution is -0.121. The number of halogens is 1. The van der Waals surface area contributed by atoms with E-state index in [0.29, 0.717) is 17.6 Å². The van der Waals surface area contributed by atoms with Gasteiger partial charge in [0.25, 0.3) is 0 Å². The van der Waals surface area contributed by atoms with Crippen molar-refractivity contribution in [1.29, 1.82) is 0 Å². The van der Waals surface area contributed by atoms with Crippen molar-refractivity contribution >= 4 is 16.6 Å². The molecule has 0 aromatic heterocycles. The number of Topliss-reactive ketones (excluding diaryl/α,β-unsaturated/α-hetero) is 1. The van der Waals surface area contributed by atoms with E-state index in [1.807, 2.05) is 18.2 Å². The Bertz CT molecular complexity index is 603. The van der Waals surface area contributed by atoms with Gasteiger partial charge in [-0.3, -0.25) is 4.79 Å². The number of hydrogen-bond donors (Lipinski definition) is 0. The molecule has 1 aliphatic carbocycles. The van der Waals surface area contributed by atoms with Gasteiger partial charge in [-0.2, -0.15) is 0 Å². The Morgan fingerprint density at radius 3 is 2.56 bits per heavy atom. The fourth-order valence-corrected chi connectivity index (χ4v) is 2.90. The third kappa shape index (κ3) is 1.82. The molecule has 2 heteroatoms. The molecule has 0 saturated heterocycles. The lowest BCUT2D eigenvalue weighted by Gasteiger charge is -2.22. The van der Waals surface area contributed by atoms with Gasteiger partial charge in [0.15, 0.2) is 0 Å².